The van der Waals surface area contributed by atoms with Crippen molar-refractivity contribution in [2.45, 2.75) is 13.1 Å². The molecular formula is C18H19N3OS2. The number of aromatic nitrogens is 1. The van der Waals surface area contributed by atoms with Crippen LogP contribution < -0.4 is 5.32 Å². The highest BCUT2D eigenvalue weighted by atomic mass is 32.1. The van der Waals surface area contributed by atoms with Gasteiger partial charge >= 0.3 is 0 Å². The van der Waals surface area contributed by atoms with E-state index in [0.29, 0.717) is 12.2 Å². The van der Waals surface area contributed by atoms with Crippen molar-refractivity contribution in [3.8, 4) is 9.88 Å². The Kier molecular flexibility index (Phi) is 5.40. The average Bonchev–Trinajstić information content (AvgIpc) is 3.24. The van der Waals surface area contributed by atoms with Crippen molar-refractivity contribution in [3.63, 3.8) is 0 Å². The summed E-state index contributed by atoms with van der Waals surface area (Å²) in [6.45, 7) is 1.36. The van der Waals surface area contributed by atoms with Crippen LogP contribution in [0.25, 0.3) is 9.88 Å². The number of hydrogen-bond donors (Lipinski definition) is 1. The summed E-state index contributed by atoms with van der Waals surface area (Å²) in [7, 11) is 4.08. The largest absolute Gasteiger partial charge is 0.347 e. The Hall–Kier alpha value is -2.02. The first kappa shape index (κ1) is 16.8. The molecule has 6 heteroatoms. The Bertz CT molecular complexity index is 809. The third-order valence-corrected chi connectivity index (χ3v) is 5.39. The van der Waals surface area contributed by atoms with Crippen LogP contribution in [-0.4, -0.2) is 29.9 Å². The molecule has 124 valence electrons. The zero-order valence-electron chi connectivity index (χ0n) is 13.7. The van der Waals surface area contributed by atoms with Gasteiger partial charge in [-0.25, -0.2) is 4.98 Å². The number of amides is 1. The molecule has 0 radical (unpaired) electrons. The molecule has 3 aromatic rings. The second-order valence-corrected chi connectivity index (χ2v) is 7.51. The van der Waals surface area contributed by atoms with E-state index < -0.39 is 0 Å². The maximum Gasteiger partial charge on any atom is 0.271 e. The molecule has 1 aromatic carbocycles. The normalized spacial score (nSPS) is 11.0. The molecule has 0 spiro atoms. The molecule has 0 aliphatic carbocycles. The summed E-state index contributed by atoms with van der Waals surface area (Å²) in [6, 6.07) is 12.2. The molecular weight excluding hydrogens is 338 g/mol. The van der Waals surface area contributed by atoms with Gasteiger partial charge in [-0.3, -0.25) is 4.79 Å². The van der Waals surface area contributed by atoms with Crippen molar-refractivity contribution < 1.29 is 4.79 Å². The van der Waals surface area contributed by atoms with Crippen LogP contribution in [-0.2, 0) is 13.1 Å². The molecule has 2 aromatic heterocycles. The number of carbonyl (C=O) groups excluding carboxylic acids is 1. The fraction of sp³-hybridized carbons (Fsp3) is 0.222. The molecule has 0 saturated carbocycles. The number of thiophene rings is 1. The van der Waals surface area contributed by atoms with Gasteiger partial charge in [0.25, 0.3) is 5.91 Å². The Morgan fingerprint density at radius 2 is 1.92 bits per heavy atom. The van der Waals surface area contributed by atoms with Gasteiger partial charge in [0.15, 0.2) is 0 Å². The van der Waals surface area contributed by atoms with Crippen LogP contribution >= 0.6 is 22.7 Å². The monoisotopic (exact) mass is 357 g/mol. The van der Waals surface area contributed by atoms with Gasteiger partial charge in [0, 0.05) is 18.5 Å². The molecule has 3 rings (SSSR count). The molecule has 1 amide bonds. The molecule has 0 saturated heterocycles. The maximum absolute atomic E-state index is 12.4. The van der Waals surface area contributed by atoms with Crippen molar-refractivity contribution in [1.29, 1.82) is 0 Å². The van der Waals surface area contributed by atoms with E-state index in [1.165, 1.54) is 16.9 Å². The van der Waals surface area contributed by atoms with Gasteiger partial charge in [-0.1, -0.05) is 30.3 Å². The first-order valence-electron chi connectivity index (χ1n) is 7.62. The first-order chi connectivity index (χ1) is 11.6. The lowest BCUT2D eigenvalue weighted by molar-refractivity contribution is 0.0946. The number of hydrogen-bond acceptors (Lipinski definition) is 5. The minimum atomic E-state index is -0.131. The molecule has 2 heterocycles. The van der Waals surface area contributed by atoms with Crippen LogP contribution in [0.3, 0.4) is 0 Å². The van der Waals surface area contributed by atoms with Gasteiger partial charge in [0.1, 0.15) is 10.7 Å². The summed E-state index contributed by atoms with van der Waals surface area (Å²) < 4.78 is 0. The topological polar surface area (TPSA) is 45.2 Å². The lowest BCUT2D eigenvalue weighted by Crippen LogP contribution is -2.24. The van der Waals surface area contributed by atoms with Crippen molar-refractivity contribution in [3.05, 3.63) is 64.0 Å². The van der Waals surface area contributed by atoms with Crippen molar-refractivity contribution in [2.24, 2.45) is 0 Å². The smallest absolute Gasteiger partial charge is 0.271 e. The molecule has 0 aliphatic heterocycles. The lowest BCUT2D eigenvalue weighted by atomic mass is 10.1. The van der Waals surface area contributed by atoms with Crippen LogP contribution in [0, 0.1) is 0 Å². The van der Waals surface area contributed by atoms with E-state index in [2.05, 4.69) is 27.3 Å². The minimum absolute atomic E-state index is 0.131. The van der Waals surface area contributed by atoms with E-state index >= 15 is 0 Å². The van der Waals surface area contributed by atoms with Crippen LogP contribution in [0.5, 0.6) is 0 Å². The summed E-state index contributed by atoms with van der Waals surface area (Å²) in [4.78, 5) is 20.0. The van der Waals surface area contributed by atoms with Crippen molar-refractivity contribution in [1.82, 2.24) is 15.2 Å². The molecule has 1 N–H and O–H groups in total. The standard InChI is InChI=1S/C18H19N3OS2/c1-21(2)11-14-7-4-3-6-13(14)10-19-17(22)15-12-24-18(20-15)16-8-5-9-23-16/h3-9,12H,10-11H2,1-2H3,(H,19,22). The molecule has 0 unspecified atom stereocenters. The molecule has 24 heavy (non-hydrogen) atoms. The Morgan fingerprint density at radius 1 is 1.12 bits per heavy atom. The predicted octanol–water partition coefficient (Wildman–Crippen LogP) is 3.86. The highest BCUT2D eigenvalue weighted by Gasteiger charge is 2.13. The lowest BCUT2D eigenvalue weighted by Gasteiger charge is -2.14. The molecule has 0 aliphatic rings. The molecule has 0 fully saturated rings. The van der Waals surface area contributed by atoms with E-state index in [1.807, 2.05) is 49.1 Å². The van der Waals surface area contributed by atoms with Gasteiger partial charge < -0.3 is 10.2 Å². The molecule has 0 atom stereocenters. The van der Waals surface area contributed by atoms with Gasteiger partial charge in [-0.2, -0.15) is 0 Å². The highest BCUT2D eigenvalue weighted by molar-refractivity contribution is 7.20. The summed E-state index contributed by atoms with van der Waals surface area (Å²) in [5, 5.41) is 7.70. The number of thiazole rings is 1. The Labute approximate surface area is 149 Å². The van der Waals surface area contributed by atoms with E-state index in [0.717, 1.165) is 22.0 Å². The van der Waals surface area contributed by atoms with E-state index in [1.54, 1.807) is 11.3 Å². The average molecular weight is 358 g/mol. The zero-order valence-corrected chi connectivity index (χ0v) is 15.3. The maximum atomic E-state index is 12.4. The number of benzene rings is 1. The Balaban J connectivity index is 1.66. The first-order valence-corrected chi connectivity index (χ1v) is 9.38. The highest BCUT2D eigenvalue weighted by Crippen LogP contribution is 2.27. The summed E-state index contributed by atoms with van der Waals surface area (Å²) in [5.41, 5.74) is 2.84. The van der Waals surface area contributed by atoms with E-state index in [9.17, 15) is 4.79 Å². The zero-order chi connectivity index (χ0) is 16.9. The fourth-order valence-electron chi connectivity index (χ4n) is 2.38. The van der Waals surface area contributed by atoms with Crippen LogP contribution in [0.2, 0.25) is 0 Å². The fourth-order valence-corrected chi connectivity index (χ4v) is 4.00. The summed E-state index contributed by atoms with van der Waals surface area (Å²) in [5.74, 6) is -0.131. The van der Waals surface area contributed by atoms with E-state index in [4.69, 9.17) is 0 Å². The summed E-state index contributed by atoms with van der Waals surface area (Å²) in [6.07, 6.45) is 0. The predicted molar refractivity (Wildman–Crippen MR) is 100 cm³/mol. The van der Waals surface area contributed by atoms with Gasteiger partial charge in [0.2, 0.25) is 0 Å². The van der Waals surface area contributed by atoms with Gasteiger partial charge in [-0.05, 0) is 36.7 Å². The number of nitrogens with one attached hydrogen (secondary N) is 1. The molecule has 0 bridgehead atoms. The van der Waals surface area contributed by atoms with Crippen molar-refractivity contribution in [2.75, 3.05) is 14.1 Å². The van der Waals surface area contributed by atoms with Crippen molar-refractivity contribution >= 4 is 28.6 Å². The minimum Gasteiger partial charge on any atom is -0.347 e. The second kappa shape index (κ2) is 7.70. The SMILES string of the molecule is CN(C)Cc1ccccc1CNC(=O)c1csc(-c2cccs2)n1. The van der Waals surface area contributed by atoms with E-state index in [-0.39, 0.29) is 5.91 Å². The third-order valence-electron chi connectivity index (χ3n) is 3.51. The number of nitrogens with zero attached hydrogens (tertiary/aromatic N) is 2. The third kappa shape index (κ3) is 4.08. The van der Waals surface area contributed by atoms with Crippen LogP contribution in [0.1, 0.15) is 21.6 Å². The molecule has 4 nitrogen and oxygen atoms in total. The quantitative estimate of drug-likeness (QED) is 0.728. The van der Waals surface area contributed by atoms with Gasteiger partial charge in [0.05, 0.1) is 4.88 Å². The van der Waals surface area contributed by atoms with Crippen LogP contribution in [0.15, 0.2) is 47.2 Å². The van der Waals surface area contributed by atoms with Gasteiger partial charge in [-0.15, -0.1) is 22.7 Å². The Morgan fingerprint density at radius 3 is 2.62 bits per heavy atom. The summed E-state index contributed by atoms with van der Waals surface area (Å²) >= 11 is 3.13. The number of rotatable bonds is 6. The number of carbonyl (C=O) groups is 1. The van der Waals surface area contributed by atoms with Crippen LogP contribution in [0.4, 0.5) is 0 Å². The second-order valence-electron chi connectivity index (χ2n) is 5.70.